The normalized spacial score (nSPS) is 11.4. The quantitative estimate of drug-likeness (QED) is 0.691. The van der Waals surface area contributed by atoms with Crippen LogP contribution in [-0.2, 0) is 6.54 Å². The molecule has 0 saturated carbocycles. The van der Waals surface area contributed by atoms with E-state index in [1.807, 2.05) is 61.0 Å². The van der Waals surface area contributed by atoms with E-state index in [1.165, 1.54) is 0 Å². The summed E-state index contributed by atoms with van der Waals surface area (Å²) in [4.78, 5) is 6.87. The molecule has 0 aliphatic heterocycles. The van der Waals surface area contributed by atoms with Crippen LogP contribution in [0.5, 0.6) is 5.75 Å². The lowest BCUT2D eigenvalue weighted by Crippen LogP contribution is -2.22. The summed E-state index contributed by atoms with van der Waals surface area (Å²) in [5.74, 6) is 0.812. The van der Waals surface area contributed by atoms with Crippen LogP contribution in [0, 0.1) is 0 Å². The van der Waals surface area contributed by atoms with Crippen molar-refractivity contribution in [3.63, 3.8) is 0 Å². The van der Waals surface area contributed by atoms with Gasteiger partial charge in [-0.25, -0.2) is 4.98 Å². The SMILES string of the molecule is CCOc1ccccc1-c1nc2ccc(N)cn2c1CN(C)CCO. The van der Waals surface area contributed by atoms with Crippen molar-refractivity contribution >= 4 is 11.3 Å². The minimum Gasteiger partial charge on any atom is -0.493 e. The van der Waals surface area contributed by atoms with Crippen molar-refractivity contribution in [3.05, 3.63) is 48.3 Å². The van der Waals surface area contributed by atoms with Gasteiger partial charge in [0.1, 0.15) is 11.4 Å². The number of pyridine rings is 1. The van der Waals surface area contributed by atoms with Crippen molar-refractivity contribution in [2.45, 2.75) is 13.5 Å². The van der Waals surface area contributed by atoms with Crippen LogP contribution in [0.3, 0.4) is 0 Å². The summed E-state index contributed by atoms with van der Waals surface area (Å²) in [5.41, 5.74) is 10.3. The number of nitrogen functional groups attached to an aromatic ring is 1. The van der Waals surface area contributed by atoms with Crippen LogP contribution in [0.4, 0.5) is 5.69 Å². The van der Waals surface area contributed by atoms with Gasteiger partial charge in [0.05, 0.1) is 24.6 Å². The van der Waals surface area contributed by atoms with Crippen LogP contribution in [-0.4, -0.2) is 46.2 Å². The molecule has 1 aromatic carbocycles. The molecular weight excluding hydrogens is 316 g/mol. The molecule has 0 amide bonds. The van der Waals surface area contributed by atoms with Gasteiger partial charge in [0, 0.05) is 30.5 Å². The molecule has 0 saturated heterocycles. The molecule has 0 unspecified atom stereocenters. The number of aliphatic hydroxyl groups excluding tert-OH is 1. The second kappa shape index (κ2) is 7.55. The fourth-order valence-electron chi connectivity index (χ4n) is 2.93. The predicted molar refractivity (Wildman–Crippen MR) is 99.6 cm³/mol. The molecule has 0 aliphatic rings. The Hall–Kier alpha value is -2.57. The van der Waals surface area contributed by atoms with Crippen LogP contribution in [0.25, 0.3) is 16.9 Å². The summed E-state index contributed by atoms with van der Waals surface area (Å²) in [6.45, 7) is 3.90. The number of nitrogens with two attached hydrogens (primary N) is 1. The minimum absolute atomic E-state index is 0.111. The molecule has 6 heteroatoms. The molecule has 25 heavy (non-hydrogen) atoms. The molecule has 0 radical (unpaired) electrons. The van der Waals surface area contributed by atoms with Crippen molar-refractivity contribution in [1.82, 2.24) is 14.3 Å². The van der Waals surface area contributed by atoms with Gasteiger partial charge in [-0.15, -0.1) is 0 Å². The molecule has 0 fully saturated rings. The number of hydrogen-bond acceptors (Lipinski definition) is 5. The second-order valence-electron chi connectivity index (χ2n) is 5.99. The van der Waals surface area contributed by atoms with E-state index in [-0.39, 0.29) is 6.61 Å². The Morgan fingerprint density at radius 2 is 2.04 bits per heavy atom. The highest BCUT2D eigenvalue weighted by atomic mass is 16.5. The second-order valence-corrected chi connectivity index (χ2v) is 5.99. The number of fused-ring (bicyclic) bond motifs is 1. The molecule has 0 aliphatic carbocycles. The Bertz CT molecular complexity index is 860. The number of aromatic nitrogens is 2. The number of anilines is 1. The highest BCUT2D eigenvalue weighted by molar-refractivity contribution is 5.72. The fraction of sp³-hybridized carbons (Fsp3) is 0.316. The summed E-state index contributed by atoms with van der Waals surface area (Å²) in [6.07, 6.45) is 1.89. The molecule has 3 N–H and O–H groups in total. The molecule has 2 heterocycles. The number of likely N-dealkylation sites (N-methyl/N-ethyl adjacent to an activating group) is 1. The van der Waals surface area contributed by atoms with Crippen molar-refractivity contribution < 1.29 is 9.84 Å². The molecule has 0 spiro atoms. The van der Waals surface area contributed by atoms with Gasteiger partial charge in [0.2, 0.25) is 0 Å². The Kier molecular flexibility index (Phi) is 5.21. The average molecular weight is 340 g/mol. The number of aliphatic hydroxyl groups is 1. The topological polar surface area (TPSA) is 76.0 Å². The van der Waals surface area contributed by atoms with E-state index in [4.69, 9.17) is 15.5 Å². The van der Waals surface area contributed by atoms with E-state index < -0.39 is 0 Å². The van der Waals surface area contributed by atoms with Crippen molar-refractivity contribution in [1.29, 1.82) is 0 Å². The molecule has 3 aromatic rings. The summed E-state index contributed by atoms with van der Waals surface area (Å²) in [7, 11) is 1.97. The smallest absolute Gasteiger partial charge is 0.137 e. The van der Waals surface area contributed by atoms with Gasteiger partial charge < -0.3 is 20.0 Å². The van der Waals surface area contributed by atoms with E-state index in [1.54, 1.807) is 0 Å². The molecule has 2 aromatic heterocycles. The van der Waals surface area contributed by atoms with E-state index >= 15 is 0 Å². The van der Waals surface area contributed by atoms with Gasteiger partial charge in [0.25, 0.3) is 0 Å². The molecular formula is C19H24N4O2. The summed E-state index contributed by atoms with van der Waals surface area (Å²) in [5, 5.41) is 9.22. The maximum absolute atomic E-state index is 9.22. The van der Waals surface area contributed by atoms with Crippen molar-refractivity contribution in [2.24, 2.45) is 0 Å². The molecule has 3 rings (SSSR count). The van der Waals surface area contributed by atoms with E-state index in [0.717, 1.165) is 28.3 Å². The van der Waals surface area contributed by atoms with Gasteiger partial charge in [-0.05, 0) is 38.2 Å². The van der Waals surface area contributed by atoms with E-state index in [0.29, 0.717) is 25.4 Å². The molecule has 0 atom stereocenters. The van der Waals surface area contributed by atoms with Crippen LogP contribution in [0.1, 0.15) is 12.6 Å². The van der Waals surface area contributed by atoms with E-state index in [2.05, 4.69) is 4.90 Å². The number of benzene rings is 1. The summed E-state index contributed by atoms with van der Waals surface area (Å²) < 4.78 is 7.81. The zero-order valence-electron chi connectivity index (χ0n) is 14.6. The maximum atomic E-state index is 9.22. The first-order valence-corrected chi connectivity index (χ1v) is 8.42. The van der Waals surface area contributed by atoms with Gasteiger partial charge in [-0.2, -0.15) is 0 Å². The highest BCUT2D eigenvalue weighted by Crippen LogP contribution is 2.33. The highest BCUT2D eigenvalue weighted by Gasteiger charge is 2.18. The van der Waals surface area contributed by atoms with Crippen LogP contribution in [0.15, 0.2) is 42.6 Å². The van der Waals surface area contributed by atoms with Crippen LogP contribution < -0.4 is 10.5 Å². The summed E-state index contributed by atoms with van der Waals surface area (Å²) in [6, 6.07) is 11.7. The number of imidazole rings is 1. The molecule has 0 bridgehead atoms. The maximum Gasteiger partial charge on any atom is 0.137 e. The first kappa shape index (κ1) is 17.3. The third kappa shape index (κ3) is 3.60. The number of para-hydroxylation sites is 1. The Labute approximate surface area is 147 Å². The Morgan fingerprint density at radius 1 is 1.24 bits per heavy atom. The monoisotopic (exact) mass is 340 g/mol. The zero-order chi connectivity index (χ0) is 17.8. The lowest BCUT2D eigenvalue weighted by Gasteiger charge is -2.17. The fourth-order valence-corrected chi connectivity index (χ4v) is 2.93. The van der Waals surface area contributed by atoms with Gasteiger partial charge in [-0.3, -0.25) is 4.90 Å². The largest absolute Gasteiger partial charge is 0.493 e. The van der Waals surface area contributed by atoms with E-state index in [9.17, 15) is 5.11 Å². The average Bonchev–Trinajstić information content (AvgIpc) is 2.94. The third-order valence-corrected chi connectivity index (χ3v) is 4.08. The lowest BCUT2D eigenvalue weighted by atomic mass is 10.1. The number of hydrogen-bond donors (Lipinski definition) is 2. The molecule has 132 valence electrons. The number of ether oxygens (including phenoxy) is 1. The molecule has 6 nitrogen and oxygen atoms in total. The van der Waals surface area contributed by atoms with Crippen LogP contribution >= 0.6 is 0 Å². The minimum atomic E-state index is 0.111. The van der Waals surface area contributed by atoms with Crippen molar-refractivity contribution in [3.8, 4) is 17.0 Å². The zero-order valence-corrected chi connectivity index (χ0v) is 14.6. The lowest BCUT2D eigenvalue weighted by molar-refractivity contribution is 0.216. The third-order valence-electron chi connectivity index (χ3n) is 4.08. The van der Waals surface area contributed by atoms with Crippen molar-refractivity contribution in [2.75, 3.05) is 32.5 Å². The number of rotatable bonds is 7. The number of nitrogens with zero attached hydrogens (tertiary/aromatic N) is 3. The summed E-state index contributed by atoms with van der Waals surface area (Å²) >= 11 is 0. The van der Waals surface area contributed by atoms with Gasteiger partial charge in [0.15, 0.2) is 0 Å². The van der Waals surface area contributed by atoms with Gasteiger partial charge >= 0.3 is 0 Å². The Balaban J connectivity index is 2.17. The van der Waals surface area contributed by atoms with Crippen LogP contribution in [0.2, 0.25) is 0 Å². The predicted octanol–water partition coefficient (Wildman–Crippen LogP) is 2.41. The Morgan fingerprint density at radius 3 is 2.80 bits per heavy atom. The first-order valence-electron chi connectivity index (χ1n) is 8.42. The van der Waals surface area contributed by atoms with Gasteiger partial charge in [-0.1, -0.05) is 12.1 Å². The standard InChI is InChI=1S/C19H24N4O2/c1-3-25-17-7-5-4-6-15(17)19-16(13-22(2)10-11-24)23-12-14(20)8-9-18(23)21-19/h4-9,12,24H,3,10-11,13,20H2,1-2H3. The first-order chi connectivity index (χ1) is 12.1.